The molecule has 1 aromatic carbocycles. The van der Waals surface area contributed by atoms with Crippen molar-refractivity contribution in [2.75, 3.05) is 0 Å². The molecule has 2 amide bonds. The molecule has 0 saturated carbocycles. The third-order valence-electron chi connectivity index (χ3n) is 4.62. The first-order chi connectivity index (χ1) is 14.0. The van der Waals surface area contributed by atoms with E-state index in [9.17, 15) is 19.2 Å². The van der Waals surface area contributed by atoms with Crippen molar-refractivity contribution in [2.24, 2.45) is 0 Å². The van der Waals surface area contributed by atoms with Crippen LogP contribution in [0.4, 0.5) is 4.39 Å². The molecule has 0 aliphatic carbocycles. The summed E-state index contributed by atoms with van der Waals surface area (Å²) in [4.78, 5) is 31.5. The van der Waals surface area contributed by atoms with Gasteiger partial charge in [0, 0.05) is 23.3 Å². The van der Waals surface area contributed by atoms with E-state index in [1.807, 2.05) is 6.07 Å². The van der Waals surface area contributed by atoms with E-state index in [1.165, 1.54) is 24.0 Å². The van der Waals surface area contributed by atoms with Crippen LogP contribution >= 0.6 is 11.8 Å². The lowest BCUT2D eigenvalue weighted by molar-refractivity contribution is -0.121. The van der Waals surface area contributed by atoms with Crippen LogP contribution in [-0.2, 0) is 4.79 Å². The molecule has 3 atom stereocenters. The van der Waals surface area contributed by atoms with Gasteiger partial charge in [-0.1, -0.05) is 18.2 Å². The number of carbonyl (C=O) groups excluding carboxylic acids is 2. The fraction of sp³-hybridized carbons (Fsp3) is 0.200. The molecule has 1 fully saturated rings. The van der Waals surface area contributed by atoms with Gasteiger partial charge in [0.25, 0.3) is 5.91 Å². The summed E-state index contributed by atoms with van der Waals surface area (Å²) in [6.07, 6.45) is 3.58. The number of aromatic nitrogens is 2. The maximum Gasteiger partial charge on any atom is 0.268 e. The second kappa shape index (κ2) is 7.93. The summed E-state index contributed by atoms with van der Waals surface area (Å²) in [6.45, 7) is 0. The van der Waals surface area contributed by atoms with E-state index in [2.05, 4.69) is 20.6 Å². The fourth-order valence-electron chi connectivity index (χ4n) is 3.08. The highest BCUT2D eigenvalue weighted by molar-refractivity contribution is 8.02. The summed E-state index contributed by atoms with van der Waals surface area (Å²) in [5, 5.41) is 14.8. The standard InChI is InChI=1S/C20H16FN5O2S/c21-13-5-1-3-11-7-14(24-18(11)13)19(27)26-17-8-16(29-17)20(28)25-15(9-22)12-4-2-6-23-10-12/h1-7,10,15-17,24H,8H2,(H,25,28)(H,26,27). The van der Waals surface area contributed by atoms with Gasteiger partial charge in [-0.3, -0.25) is 14.6 Å². The third-order valence-corrected chi connectivity index (χ3v) is 6.00. The minimum atomic E-state index is -0.772. The number of hydrogen-bond acceptors (Lipinski definition) is 5. The van der Waals surface area contributed by atoms with Crippen LogP contribution in [0.25, 0.3) is 10.9 Å². The number of pyridine rings is 1. The molecule has 9 heteroatoms. The van der Waals surface area contributed by atoms with Gasteiger partial charge in [-0.2, -0.15) is 5.26 Å². The highest BCUT2D eigenvalue weighted by Gasteiger charge is 2.37. The summed E-state index contributed by atoms with van der Waals surface area (Å²) >= 11 is 1.31. The van der Waals surface area contributed by atoms with E-state index in [-0.39, 0.29) is 33.6 Å². The molecule has 1 saturated heterocycles. The summed E-state index contributed by atoms with van der Waals surface area (Å²) in [7, 11) is 0. The van der Waals surface area contributed by atoms with Gasteiger partial charge in [-0.15, -0.1) is 11.8 Å². The number of halogens is 1. The first-order valence-electron chi connectivity index (χ1n) is 8.88. The van der Waals surface area contributed by atoms with Gasteiger partial charge in [-0.25, -0.2) is 4.39 Å². The van der Waals surface area contributed by atoms with Gasteiger partial charge in [0.05, 0.1) is 22.2 Å². The van der Waals surface area contributed by atoms with E-state index < -0.39 is 11.9 Å². The van der Waals surface area contributed by atoms with Crippen molar-refractivity contribution >= 4 is 34.5 Å². The minimum absolute atomic E-state index is 0.228. The highest BCUT2D eigenvalue weighted by atomic mass is 32.2. The maximum atomic E-state index is 13.8. The van der Waals surface area contributed by atoms with Gasteiger partial charge in [0.2, 0.25) is 5.91 Å². The number of nitrogens with one attached hydrogen (secondary N) is 3. The third kappa shape index (κ3) is 3.93. The van der Waals surface area contributed by atoms with E-state index in [1.54, 1.807) is 36.5 Å². The van der Waals surface area contributed by atoms with Crippen molar-refractivity contribution in [3.8, 4) is 6.07 Å². The van der Waals surface area contributed by atoms with Crippen molar-refractivity contribution in [3.63, 3.8) is 0 Å². The second-order valence-corrected chi connectivity index (χ2v) is 7.98. The number of aromatic amines is 1. The van der Waals surface area contributed by atoms with Crippen LogP contribution in [0.5, 0.6) is 0 Å². The molecule has 0 radical (unpaired) electrons. The topological polar surface area (TPSA) is 111 Å². The number of para-hydroxylation sites is 1. The summed E-state index contributed by atoms with van der Waals surface area (Å²) in [5.41, 5.74) is 1.16. The van der Waals surface area contributed by atoms with Crippen molar-refractivity contribution < 1.29 is 14.0 Å². The molecular formula is C20H16FN5O2S. The Morgan fingerprint density at radius 3 is 2.86 bits per heavy atom. The number of rotatable bonds is 5. The first kappa shape index (κ1) is 19.0. The summed E-state index contributed by atoms with van der Waals surface area (Å²) in [6, 6.07) is 10.9. The number of thioether (sulfide) groups is 1. The zero-order chi connectivity index (χ0) is 20.4. The van der Waals surface area contributed by atoms with Crippen LogP contribution in [0.3, 0.4) is 0 Å². The Balaban J connectivity index is 1.31. The van der Waals surface area contributed by atoms with E-state index in [0.29, 0.717) is 17.4 Å². The van der Waals surface area contributed by atoms with Crippen molar-refractivity contribution in [1.29, 1.82) is 5.26 Å². The monoisotopic (exact) mass is 409 g/mol. The number of fused-ring (bicyclic) bond motifs is 1. The lowest BCUT2D eigenvalue weighted by atomic mass is 10.1. The van der Waals surface area contributed by atoms with Crippen LogP contribution in [0.1, 0.15) is 28.5 Å². The average molecular weight is 409 g/mol. The molecule has 3 unspecified atom stereocenters. The molecule has 3 aromatic rings. The molecule has 0 spiro atoms. The molecule has 29 heavy (non-hydrogen) atoms. The molecule has 1 aliphatic heterocycles. The van der Waals surface area contributed by atoms with Crippen LogP contribution in [0.15, 0.2) is 48.8 Å². The lowest BCUT2D eigenvalue weighted by Crippen LogP contribution is -2.48. The normalized spacial score (nSPS) is 19.0. The largest absolute Gasteiger partial charge is 0.348 e. The van der Waals surface area contributed by atoms with Crippen molar-refractivity contribution in [2.45, 2.75) is 23.1 Å². The Hall–Kier alpha value is -3.38. The average Bonchev–Trinajstić information content (AvgIpc) is 3.15. The van der Waals surface area contributed by atoms with Gasteiger partial charge >= 0.3 is 0 Å². The van der Waals surface area contributed by atoms with Gasteiger partial charge < -0.3 is 15.6 Å². The summed E-state index contributed by atoms with van der Waals surface area (Å²) in [5.74, 6) is -1.04. The maximum absolute atomic E-state index is 13.8. The number of nitrogens with zero attached hydrogens (tertiary/aromatic N) is 2. The van der Waals surface area contributed by atoms with Crippen LogP contribution in [0, 0.1) is 17.1 Å². The number of carbonyl (C=O) groups is 2. The fourth-order valence-corrected chi connectivity index (χ4v) is 4.09. The summed E-state index contributed by atoms with van der Waals surface area (Å²) < 4.78 is 13.8. The molecule has 1 aliphatic rings. The Morgan fingerprint density at radius 2 is 2.17 bits per heavy atom. The Kier molecular flexibility index (Phi) is 5.18. The van der Waals surface area contributed by atoms with Gasteiger partial charge in [0.15, 0.2) is 0 Å². The first-order valence-corrected chi connectivity index (χ1v) is 9.83. The molecule has 3 heterocycles. The van der Waals surface area contributed by atoms with Crippen molar-refractivity contribution in [1.82, 2.24) is 20.6 Å². The lowest BCUT2D eigenvalue weighted by Gasteiger charge is -2.34. The number of benzene rings is 1. The number of amides is 2. The Morgan fingerprint density at radius 1 is 1.34 bits per heavy atom. The van der Waals surface area contributed by atoms with Gasteiger partial charge in [0.1, 0.15) is 17.6 Å². The van der Waals surface area contributed by atoms with Gasteiger partial charge in [-0.05, 0) is 24.6 Å². The number of hydrogen-bond donors (Lipinski definition) is 3. The zero-order valence-corrected chi connectivity index (χ0v) is 15.9. The molecule has 4 rings (SSSR count). The second-order valence-electron chi connectivity index (χ2n) is 6.57. The molecular weight excluding hydrogens is 393 g/mol. The molecule has 0 bridgehead atoms. The Labute approximate surface area is 169 Å². The van der Waals surface area contributed by atoms with Crippen LogP contribution < -0.4 is 10.6 Å². The quantitative estimate of drug-likeness (QED) is 0.600. The van der Waals surface area contributed by atoms with E-state index >= 15 is 0 Å². The SMILES string of the molecule is N#CC(NC(=O)C1CC(NC(=O)c2cc3cccc(F)c3[nH]2)S1)c1cccnc1. The molecule has 3 N–H and O–H groups in total. The predicted molar refractivity (Wildman–Crippen MR) is 106 cm³/mol. The Bertz CT molecular complexity index is 1110. The van der Waals surface area contributed by atoms with Crippen LogP contribution in [-0.4, -0.2) is 32.4 Å². The number of H-pyrrole nitrogens is 1. The van der Waals surface area contributed by atoms with E-state index in [0.717, 1.165) is 0 Å². The van der Waals surface area contributed by atoms with Crippen molar-refractivity contribution in [3.05, 3.63) is 65.9 Å². The van der Waals surface area contributed by atoms with E-state index in [4.69, 9.17) is 0 Å². The zero-order valence-electron chi connectivity index (χ0n) is 15.1. The molecule has 146 valence electrons. The predicted octanol–water partition coefficient (Wildman–Crippen LogP) is 2.64. The molecule has 7 nitrogen and oxygen atoms in total. The highest BCUT2D eigenvalue weighted by Crippen LogP contribution is 2.35. The minimum Gasteiger partial charge on any atom is -0.348 e. The number of nitriles is 1. The molecule has 2 aromatic heterocycles. The smallest absolute Gasteiger partial charge is 0.268 e. The van der Waals surface area contributed by atoms with Crippen LogP contribution in [0.2, 0.25) is 0 Å².